The molecule has 2 rings (SSSR count). The monoisotopic (exact) mass is 273 g/mol. The highest BCUT2D eigenvalue weighted by Gasteiger charge is 2.33. The van der Waals surface area contributed by atoms with Crippen molar-refractivity contribution < 1.29 is 4.79 Å². The maximum Gasteiger partial charge on any atom is 0.140 e. The fourth-order valence-electron chi connectivity index (χ4n) is 3.32. The molecule has 110 valence electrons. The quantitative estimate of drug-likeness (QED) is 0.902. The van der Waals surface area contributed by atoms with E-state index in [4.69, 9.17) is 5.73 Å². The van der Waals surface area contributed by atoms with Crippen LogP contribution in [0.5, 0.6) is 0 Å². The van der Waals surface area contributed by atoms with Crippen molar-refractivity contribution in [3.05, 3.63) is 35.9 Å². The summed E-state index contributed by atoms with van der Waals surface area (Å²) in [4.78, 5) is 12.7. The van der Waals surface area contributed by atoms with Gasteiger partial charge in [-0.05, 0) is 36.7 Å². The number of benzene rings is 1. The number of nitrogens with two attached hydrogens (primary N) is 1. The summed E-state index contributed by atoms with van der Waals surface area (Å²) in [7, 11) is 0. The van der Waals surface area contributed by atoms with Gasteiger partial charge < -0.3 is 5.73 Å². The van der Waals surface area contributed by atoms with Crippen LogP contribution in [0.2, 0.25) is 0 Å². The summed E-state index contributed by atoms with van der Waals surface area (Å²) in [6.07, 6.45) is 3.24. The van der Waals surface area contributed by atoms with E-state index in [1.165, 1.54) is 6.42 Å². The summed E-state index contributed by atoms with van der Waals surface area (Å²) in [5, 5.41) is 0. The minimum Gasteiger partial charge on any atom is -0.323 e. The van der Waals surface area contributed by atoms with Crippen LogP contribution in [0, 0.1) is 23.7 Å². The Morgan fingerprint density at radius 2 is 1.80 bits per heavy atom. The molecule has 0 radical (unpaired) electrons. The molecule has 0 bridgehead atoms. The predicted molar refractivity (Wildman–Crippen MR) is 83.2 cm³/mol. The van der Waals surface area contributed by atoms with Crippen molar-refractivity contribution in [2.45, 2.75) is 46.1 Å². The lowest BCUT2D eigenvalue weighted by Crippen LogP contribution is -2.34. The maximum atomic E-state index is 12.7. The lowest BCUT2D eigenvalue weighted by Gasteiger charge is -2.33. The average Bonchev–Trinajstić information content (AvgIpc) is 2.48. The topological polar surface area (TPSA) is 43.1 Å². The van der Waals surface area contributed by atoms with Gasteiger partial charge in [-0.1, -0.05) is 51.1 Å². The molecule has 1 aromatic carbocycles. The van der Waals surface area contributed by atoms with Gasteiger partial charge in [-0.25, -0.2) is 0 Å². The van der Waals surface area contributed by atoms with Gasteiger partial charge in [0.1, 0.15) is 5.78 Å². The van der Waals surface area contributed by atoms with Gasteiger partial charge in [0, 0.05) is 17.9 Å². The van der Waals surface area contributed by atoms with Crippen molar-refractivity contribution >= 4 is 5.78 Å². The summed E-state index contributed by atoms with van der Waals surface area (Å²) in [6, 6.07) is 9.79. The molecule has 0 heterocycles. The molecule has 0 aromatic heterocycles. The number of carbonyl (C=O) groups is 1. The molecular weight excluding hydrogens is 246 g/mol. The van der Waals surface area contributed by atoms with E-state index >= 15 is 0 Å². The minimum atomic E-state index is -0.182. The van der Waals surface area contributed by atoms with Crippen molar-refractivity contribution in [1.82, 2.24) is 0 Å². The van der Waals surface area contributed by atoms with Crippen molar-refractivity contribution in [2.75, 3.05) is 0 Å². The highest BCUT2D eigenvalue weighted by Crippen LogP contribution is 2.36. The van der Waals surface area contributed by atoms with Crippen LogP contribution < -0.4 is 5.73 Å². The van der Waals surface area contributed by atoms with Gasteiger partial charge in [-0.3, -0.25) is 4.79 Å². The van der Waals surface area contributed by atoms with E-state index in [1.54, 1.807) is 0 Å². The second-order valence-electron chi connectivity index (χ2n) is 6.59. The highest BCUT2D eigenvalue weighted by atomic mass is 16.1. The minimum absolute atomic E-state index is 0.0944. The molecule has 0 amide bonds. The second-order valence-corrected chi connectivity index (χ2v) is 6.59. The van der Waals surface area contributed by atoms with E-state index in [2.05, 4.69) is 13.8 Å². The lowest BCUT2D eigenvalue weighted by molar-refractivity contribution is -0.128. The van der Waals surface area contributed by atoms with Gasteiger partial charge in [0.05, 0.1) is 0 Å². The zero-order valence-corrected chi connectivity index (χ0v) is 12.9. The van der Waals surface area contributed by atoms with Gasteiger partial charge in [-0.2, -0.15) is 0 Å². The molecule has 5 unspecified atom stereocenters. The van der Waals surface area contributed by atoms with Crippen molar-refractivity contribution in [2.24, 2.45) is 29.4 Å². The van der Waals surface area contributed by atoms with Gasteiger partial charge in [-0.15, -0.1) is 0 Å². The highest BCUT2D eigenvalue weighted by molar-refractivity contribution is 5.84. The lowest BCUT2D eigenvalue weighted by atomic mass is 9.71. The third-order valence-electron chi connectivity index (χ3n) is 5.17. The molecule has 1 aliphatic rings. The Labute approximate surface area is 122 Å². The molecule has 0 spiro atoms. The van der Waals surface area contributed by atoms with E-state index < -0.39 is 0 Å². The number of rotatable bonds is 4. The normalized spacial score (nSPS) is 29.7. The van der Waals surface area contributed by atoms with E-state index in [0.717, 1.165) is 24.3 Å². The van der Waals surface area contributed by atoms with Crippen LogP contribution in [0.1, 0.15) is 51.6 Å². The predicted octanol–water partition coefficient (Wildman–Crippen LogP) is 3.96. The first kappa shape index (κ1) is 15.2. The molecule has 1 saturated carbocycles. The Bertz CT molecular complexity index is 442. The summed E-state index contributed by atoms with van der Waals surface area (Å²) in [6.45, 7) is 6.55. The molecule has 2 heteroatoms. The van der Waals surface area contributed by atoms with Crippen LogP contribution in [0.4, 0.5) is 0 Å². The summed E-state index contributed by atoms with van der Waals surface area (Å²) < 4.78 is 0. The third kappa shape index (κ3) is 3.29. The Morgan fingerprint density at radius 3 is 2.40 bits per heavy atom. The largest absolute Gasteiger partial charge is 0.323 e. The first-order chi connectivity index (χ1) is 9.50. The van der Waals surface area contributed by atoms with Crippen LogP contribution in [0.3, 0.4) is 0 Å². The Morgan fingerprint density at radius 1 is 1.15 bits per heavy atom. The van der Waals surface area contributed by atoms with E-state index in [0.29, 0.717) is 11.7 Å². The van der Waals surface area contributed by atoms with Crippen molar-refractivity contribution in [3.8, 4) is 0 Å². The molecule has 2 N–H and O–H groups in total. The van der Waals surface area contributed by atoms with Crippen LogP contribution in [0.15, 0.2) is 30.3 Å². The first-order valence-corrected chi connectivity index (χ1v) is 7.85. The van der Waals surface area contributed by atoms with Crippen LogP contribution in [-0.2, 0) is 4.79 Å². The van der Waals surface area contributed by atoms with Gasteiger partial charge in [0.15, 0.2) is 0 Å². The van der Waals surface area contributed by atoms with Gasteiger partial charge in [0.2, 0.25) is 0 Å². The molecule has 1 aliphatic carbocycles. The molecular formula is C18H27NO. The van der Waals surface area contributed by atoms with Crippen LogP contribution in [-0.4, -0.2) is 5.78 Å². The Balaban J connectivity index is 2.02. The zero-order valence-electron chi connectivity index (χ0n) is 12.9. The molecule has 5 atom stereocenters. The SMILES string of the molecule is CC1CCC(C(=O)C(C)C(N)c2ccccc2)CC1C. The number of hydrogen-bond acceptors (Lipinski definition) is 2. The Kier molecular flexibility index (Phi) is 4.98. The van der Waals surface area contributed by atoms with E-state index in [-0.39, 0.29) is 17.9 Å². The fourth-order valence-corrected chi connectivity index (χ4v) is 3.32. The molecule has 0 aliphatic heterocycles. The third-order valence-corrected chi connectivity index (χ3v) is 5.17. The van der Waals surface area contributed by atoms with Crippen molar-refractivity contribution in [3.63, 3.8) is 0 Å². The summed E-state index contributed by atoms with van der Waals surface area (Å²) >= 11 is 0. The number of ketones is 1. The first-order valence-electron chi connectivity index (χ1n) is 7.85. The van der Waals surface area contributed by atoms with E-state index in [9.17, 15) is 4.79 Å². The summed E-state index contributed by atoms with van der Waals surface area (Å²) in [5.74, 6) is 1.88. The average molecular weight is 273 g/mol. The molecule has 0 saturated heterocycles. The molecule has 20 heavy (non-hydrogen) atoms. The number of hydrogen-bond donors (Lipinski definition) is 1. The molecule has 1 fully saturated rings. The second kappa shape index (κ2) is 6.53. The van der Waals surface area contributed by atoms with Crippen LogP contribution >= 0.6 is 0 Å². The molecule has 1 aromatic rings. The van der Waals surface area contributed by atoms with Crippen molar-refractivity contribution in [1.29, 1.82) is 0 Å². The van der Waals surface area contributed by atoms with Crippen LogP contribution in [0.25, 0.3) is 0 Å². The number of carbonyl (C=O) groups excluding carboxylic acids is 1. The van der Waals surface area contributed by atoms with Gasteiger partial charge >= 0.3 is 0 Å². The fraction of sp³-hybridized carbons (Fsp3) is 0.611. The molecule has 2 nitrogen and oxygen atoms in total. The zero-order chi connectivity index (χ0) is 14.7. The van der Waals surface area contributed by atoms with E-state index in [1.807, 2.05) is 37.3 Å². The maximum absolute atomic E-state index is 12.7. The Hall–Kier alpha value is -1.15. The number of Topliss-reactive ketones (excluding diaryl/α,β-unsaturated/α-hetero) is 1. The smallest absolute Gasteiger partial charge is 0.140 e. The standard InChI is InChI=1S/C18H27NO/c1-12-9-10-16(11-13(12)2)18(20)14(3)17(19)15-7-5-4-6-8-15/h4-8,12-14,16-17H,9-11,19H2,1-3H3. The summed E-state index contributed by atoms with van der Waals surface area (Å²) in [5.41, 5.74) is 7.35. The van der Waals surface area contributed by atoms with Gasteiger partial charge in [0.25, 0.3) is 0 Å².